The first-order chi connectivity index (χ1) is 11.3. The zero-order chi connectivity index (χ0) is 17.7. The molecule has 0 aliphatic carbocycles. The van der Waals surface area contributed by atoms with Gasteiger partial charge in [0.2, 0.25) is 0 Å². The van der Waals surface area contributed by atoms with Crippen molar-refractivity contribution in [1.82, 2.24) is 10.2 Å². The Morgan fingerprint density at radius 3 is 2.42 bits per heavy atom. The highest BCUT2D eigenvalue weighted by Gasteiger charge is 2.29. The zero-order valence-corrected chi connectivity index (χ0v) is 13.9. The maximum atomic E-state index is 12.3. The van der Waals surface area contributed by atoms with E-state index in [1.54, 1.807) is 12.3 Å². The Kier molecular flexibility index (Phi) is 5.95. The number of hydrogen-bond acceptors (Lipinski definition) is 4. The van der Waals surface area contributed by atoms with Crippen LogP contribution in [-0.4, -0.2) is 37.0 Å². The average Bonchev–Trinajstić information content (AvgIpc) is 3.00. The summed E-state index contributed by atoms with van der Waals surface area (Å²) >= 11 is -0.209. The van der Waals surface area contributed by atoms with Crippen molar-refractivity contribution in [3.8, 4) is 0 Å². The van der Waals surface area contributed by atoms with Crippen molar-refractivity contribution in [2.24, 2.45) is 0 Å². The van der Waals surface area contributed by atoms with Crippen molar-refractivity contribution < 1.29 is 22.4 Å². The van der Waals surface area contributed by atoms with Crippen molar-refractivity contribution in [3.63, 3.8) is 0 Å². The van der Waals surface area contributed by atoms with Gasteiger partial charge >= 0.3 is 5.51 Å². The Balaban J connectivity index is 1.96. The van der Waals surface area contributed by atoms with E-state index < -0.39 is 5.51 Å². The molecule has 1 aromatic heterocycles. The molecule has 1 aromatic carbocycles. The fourth-order valence-electron chi connectivity index (χ4n) is 2.12. The minimum Gasteiger partial charge on any atom is -0.468 e. The van der Waals surface area contributed by atoms with Crippen LogP contribution in [0.5, 0.6) is 0 Å². The van der Waals surface area contributed by atoms with E-state index in [2.05, 4.69) is 5.32 Å². The van der Waals surface area contributed by atoms with Gasteiger partial charge in [-0.25, -0.2) is 0 Å². The largest absolute Gasteiger partial charge is 0.468 e. The Labute approximate surface area is 142 Å². The minimum atomic E-state index is -4.34. The average molecular weight is 358 g/mol. The standard InChI is InChI=1S/C16H17F3N2O2S/c1-21(2)13(14-4-3-9-23-14)10-20-15(22)11-5-7-12(8-6-11)24-16(17,18)19/h3-9,13H,10H2,1-2H3,(H,20,22)/t13-/m1/s1. The highest BCUT2D eigenvalue weighted by atomic mass is 32.2. The van der Waals surface area contributed by atoms with Gasteiger partial charge in [-0.1, -0.05) is 0 Å². The van der Waals surface area contributed by atoms with Gasteiger partial charge in [-0.15, -0.1) is 0 Å². The van der Waals surface area contributed by atoms with Crippen LogP contribution in [0.15, 0.2) is 52.0 Å². The van der Waals surface area contributed by atoms with E-state index in [1.165, 1.54) is 24.3 Å². The molecule has 0 saturated carbocycles. The molecule has 24 heavy (non-hydrogen) atoms. The second-order valence-electron chi connectivity index (χ2n) is 5.28. The number of thioether (sulfide) groups is 1. The topological polar surface area (TPSA) is 45.5 Å². The van der Waals surface area contributed by atoms with Crippen LogP contribution in [0.1, 0.15) is 22.2 Å². The molecule has 0 radical (unpaired) electrons. The van der Waals surface area contributed by atoms with Crippen molar-refractivity contribution in [2.45, 2.75) is 16.4 Å². The van der Waals surface area contributed by atoms with E-state index in [4.69, 9.17) is 4.42 Å². The molecule has 0 unspecified atom stereocenters. The van der Waals surface area contributed by atoms with E-state index in [9.17, 15) is 18.0 Å². The number of furan rings is 1. The second-order valence-corrected chi connectivity index (χ2v) is 6.42. The van der Waals surface area contributed by atoms with E-state index >= 15 is 0 Å². The van der Waals surface area contributed by atoms with Crippen LogP contribution < -0.4 is 5.32 Å². The number of likely N-dealkylation sites (N-methyl/N-ethyl adjacent to an activating group) is 1. The summed E-state index contributed by atoms with van der Waals surface area (Å²) in [4.78, 5) is 14.1. The molecule has 1 amide bonds. The van der Waals surface area contributed by atoms with Crippen LogP contribution in [0.2, 0.25) is 0 Å². The van der Waals surface area contributed by atoms with Crippen molar-refractivity contribution >= 4 is 17.7 Å². The fraction of sp³-hybridized carbons (Fsp3) is 0.312. The number of carbonyl (C=O) groups excluding carboxylic acids is 1. The third kappa shape index (κ3) is 5.31. The monoisotopic (exact) mass is 358 g/mol. The third-order valence-corrected chi connectivity index (χ3v) is 4.04. The van der Waals surface area contributed by atoms with Crippen molar-refractivity contribution in [1.29, 1.82) is 0 Å². The van der Waals surface area contributed by atoms with Gasteiger partial charge in [0.25, 0.3) is 5.91 Å². The lowest BCUT2D eigenvalue weighted by atomic mass is 10.2. The number of amides is 1. The quantitative estimate of drug-likeness (QED) is 0.795. The normalized spacial score (nSPS) is 13.1. The lowest BCUT2D eigenvalue weighted by Crippen LogP contribution is -2.34. The smallest absolute Gasteiger partial charge is 0.446 e. The van der Waals surface area contributed by atoms with Crippen LogP contribution in [-0.2, 0) is 0 Å². The van der Waals surface area contributed by atoms with Gasteiger partial charge in [0.1, 0.15) is 5.76 Å². The van der Waals surface area contributed by atoms with Gasteiger partial charge in [-0.2, -0.15) is 13.2 Å². The van der Waals surface area contributed by atoms with E-state index in [-0.39, 0.29) is 28.6 Å². The lowest BCUT2D eigenvalue weighted by molar-refractivity contribution is -0.0328. The van der Waals surface area contributed by atoms with Crippen LogP contribution >= 0.6 is 11.8 Å². The van der Waals surface area contributed by atoms with Crippen LogP contribution in [0.3, 0.4) is 0 Å². The van der Waals surface area contributed by atoms with Gasteiger partial charge in [0.05, 0.1) is 12.3 Å². The predicted molar refractivity (Wildman–Crippen MR) is 85.8 cm³/mol. The molecule has 1 heterocycles. The van der Waals surface area contributed by atoms with Crippen molar-refractivity contribution in [2.75, 3.05) is 20.6 Å². The SMILES string of the molecule is CN(C)[C@H](CNC(=O)c1ccc(SC(F)(F)F)cc1)c1ccco1. The lowest BCUT2D eigenvalue weighted by Gasteiger charge is -2.22. The first-order valence-corrected chi connectivity index (χ1v) is 7.92. The molecule has 130 valence electrons. The number of halogens is 3. The summed E-state index contributed by atoms with van der Waals surface area (Å²) in [5.41, 5.74) is -4.04. The summed E-state index contributed by atoms with van der Waals surface area (Å²) in [5.74, 6) is 0.370. The molecule has 2 rings (SSSR count). The maximum absolute atomic E-state index is 12.3. The van der Waals surface area contributed by atoms with Gasteiger partial charge in [0.15, 0.2) is 0 Å². The zero-order valence-electron chi connectivity index (χ0n) is 13.1. The Bertz CT molecular complexity index is 655. The Morgan fingerprint density at radius 1 is 1.25 bits per heavy atom. The number of alkyl halides is 3. The maximum Gasteiger partial charge on any atom is 0.446 e. The fourth-order valence-corrected chi connectivity index (χ4v) is 2.66. The molecule has 8 heteroatoms. The summed E-state index contributed by atoms with van der Waals surface area (Å²) < 4.78 is 42.2. The molecule has 0 bridgehead atoms. The molecule has 1 atom stereocenters. The number of rotatable bonds is 6. The molecule has 0 spiro atoms. The summed E-state index contributed by atoms with van der Waals surface area (Å²) in [5, 5.41) is 2.77. The Hall–Kier alpha value is -1.93. The number of nitrogens with zero attached hydrogens (tertiary/aromatic N) is 1. The third-order valence-electron chi connectivity index (χ3n) is 3.30. The predicted octanol–water partition coefficient (Wildman–Crippen LogP) is 3.92. The highest BCUT2D eigenvalue weighted by molar-refractivity contribution is 8.00. The molecule has 2 aromatic rings. The van der Waals surface area contributed by atoms with Crippen LogP contribution in [0.4, 0.5) is 13.2 Å². The molecule has 0 aliphatic heterocycles. The van der Waals surface area contributed by atoms with E-state index in [1.807, 2.05) is 25.1 Å². The first-order valence-electron chi connectivity index (χ1n) is 7.10. The molecule has 0 fully saturated rings. The Morgan fingerprint density at radius 2 is 1.92 bits per heavy atom. The van der Waals surface area contributed by atoms with E-state index in [0.717, 1.165) is 5.76 Å². The van der Waals surface area contributed by atoms with Gasteiger partial charge in [0, 0.05) is 17.0 Å². The molecule has 4 nitrogen and oxygen atoms in total. The van der Waals surface area contributed by atoms with Gasteiger partial charge in [-0.05, 0) is 62.3 Å². The minimum absolute atomic E-state index is 0.0424. The summed E-state index contributed by atoms with van der Waals surface area (Å²) in [7, 11) is 3.73. The molecule has 0 saturated heterocycles. The van der Waals surface area contributed by atoms with E-state index in [0.29, 0.717) is 12.1 Å². The van der Waals surface area contributed by atoms with Crippen LogP contribution in [0, 0.1) is 0 Å². The van der Waals surface area contributed by atoms with Gasteiger partial charge in [-0.3, -0.25) is 9.69 Å². The number of benzene rings is 1. The summed E-state index contributed by atoms with van der Waals surface area (Å²) in [6.45, 7) is 0.318. The molecular formula is C16H17F3N2O2S. The molecule has 1 N–H and O–H groups in total. The van der Waals surface area contributed by atoms with Crippen LogP contribution in [0.25, 0.3) is 0 Å². The summed E-state index contributed by atoms with van der Waals surface area (Å²) in [6, 6.07) is 8.77. The molecule has 0 aliphatic rings. The number of carbonyl (C=O) groups is 1. The summed E-state index contributed by atoms with van der Waals surface area (Å²) in [6.07, 6.45) is 1.56. The number of nitrogens with one attached hydrogen (secondary N) is 1. The van der Waals surface area contributed by atoms with Crippen molar-refractivity contribution in [3.05, 3.63) is 54.0 Å². The second kappa shape index (κ2) is 7.76. The number of hydrogen-bond donors (Lipinski definition) is 1. The first kappa shape index (κ1) is 18.4. The van der Waals surface area contributed by atoms with Gasteiger partial charge < -0.3 is 9.73 Å². The molecular weight excluding hydrogens is 341 g/mol. The highest BCUT2D eigenvalue weighted by Crippen LogP contribution is 2.36.